The number of piperazine rings is 1. The van der Waals surface area contributed by atoms with Crippen LogP contribution in [0.25, 0.3) is 0 Å². The van der Waals surface area contributed by atoms with E-state index >= 15 is 0 Å². The summed E-state index contributed by atoms with van der Waals surface area (Å²) in [6.07, 6.45) is 3.39. The Morgan fingerprint density at radius 1 is 1.21 bits per heavy atom. The molecule has 0 spiro atoms. The zero-order valence-electron chi connectivity index (χ0n) is 17.4. The van der Waals surface area contributed by atoms with Gasteiger partial charge in [0.25, 0.3) is 5.91 Å². The summed E-state index contributed by atoms with van der Waals surface area (Å²) < 4.78 is 4.90. The smallest absolute Gasteiger partial charge is 0.279 e. The van der Waals surface area contributed by atoms with Crippen molar-refractivity contribution < 1.29 is 14.6 Å². The van der Waals surface area contributed by atoms with Gasteiger partial charge in [-0.15, -0.1) is 0 Å². The SMILES string of the molecule is CCc1ccccc1NC(=O)C[NH+]1CC[NH+](Cn2nc(C3CC3)n(C)c2=S)CC1. The summed E-state index contributed by atoms with van der Waals surface area (Å²) in [6, 6.07) is 8.05. The second-order valence-corrected chi connectivity index (χ2v) is 8.73. The maximum absolute atomic E-state index is 12.5. The van der Waals surface area contributed by atoms with Crippen LogP contribution in [-0.4, -0.2) is 53.0 Å². The Morgan fingerprint density at radius 2 is 1.90 bits per heavy atom. The number of carbonyl (C=O) groups excluding carboxylic acids is 1. The molecule has 2 heterocycles. The summed E-state index contributed by atoms with van der Waals surface area (Å²) in [5, 5.41) is 7.88. The number of hydrogen-bond donors (Lipinski definition) is 3. The lowest BCUT2D eigenvalue weighted by Gasteiger charge is -2.29. The number of aryl methyl sites for hydroxylation is 1. The second kappa shape index (κ2) is 8.77. The van der Waals surface area contributed by atoms with Crippen molar-refractivity contribution >= 4 is 23.8 Å². The summed E-state index contributed by atoms with van der Waals surface area (Å²) in [4.78, 5) is 15.3. The molecule has 2 aliphatic rings. The van der Waals surface area contributed by atoms with E-state index in [0.717, 1.165) is 55.6 Å². The van der Waals surface area contributed by atoms with E-state index < -0.39 is 0 Å². The van der Waals surface area contributed by atoms with Crippen molar-refractivity contribution in [3.8, 4) is 0 Å². The molecule has 29 heavy (non-hydrogen) atoms. The lowest BCUT2D eigenvalue weighted by molar-refractivity contribution is -1.02. The molecule has 1 aromatic carbocycles. The van der Waals surface area contributed by atoms with E-state index in [1.807, 2.05) is 29.9 Å². The van der Waals surface area contributed by atoms with Crippen LogP contribution in [0.15, 0.2) is 24.3 Å². The fourth-order valence-electron chi connectivity index (χ4n) is 4.18. The quantitative estimate of drug-likeness (QED) is 0.547. The molecular formula is C21H32N6OS+2. The molecule has 0 atom stereocenters. The molecule has 0 radical (unpaired) electrons. The molecule has 2 aromatic rings. The van der Waals surface area contributed by atoms with Gasteiger partial charge in [0.1, 0.15) is 32.0 Å². The van der Waals surface area contributed by atoms with E-state index in [1.165, 1.54) is 28.2 Å². The molecule has 0 bridgehead atoms. The van der Waals surface area contributed by atoms with Gasteiger partial charge in [0.15, 0.2) is 13.2 Å². The first-order valence-electron chi connectivity index (χ1n) is 10.7. The molecule has 1 saturated carbocycles. The average molecular weight is 417 g/mol. The predicted molar refractivity (Wildman–Crippen MR) is 115 cm³/mol. The number of amides is 1. The van der Waals surface area contributed by atoms with Gasteiger partial charge in [0.2, 0.25) is 4.77 Å². The molecule has 156 valence electrons. The molecule has 1 aliphatic heterocycles. The lowest BCUT2D eigenvalue weighted by Crippen LogP contribution is -3.28. The normalized spacial score (nSPS) is 21.9. The highest BCUT2D eigenvalue weighted by molar-refractivity contribution is 7.71. The molecule has 3 N–H and O–H groups in total. The van der Waals surface area contributed by atoms with Crippen LogP contribution in [0.5, 0.6) is 0 Å². The van der Waals surface area contributed by atoms with Crippen molar-refractivity contribution in [2.24, 2.45) is 7.05 Å². The fourth-order valence-corrected chi connectivity index (χ4v) is 4.38. The zero-order chi connectivity index (χ0) is 20.4. The summed E-state index contributed by atoms with van der Waals surface area (Å²) in [6.45, 7) is 7.51. The summed E-state index contributed by atoms with van der Waals surface area (Å²) in [5.41, 5.74) is 2.13. The molecule has 1 amide bonds. The van der Waals surface area contributed by atoms with Gasteiger partial charge >= 0.3 is 0 Å². The third-order valence-electron chi connectivity index (χ3n) is 6.14. The number of para-hydroxylation sites is 1. The maximum Gasteiger partial charge on any atom is 0.279 e. The fraction of sp³-hybridized carbons (Fsp3) is 0.571. The van der Waals surface area contributed by atoms with Gasteiger partial charge in [-0.1, -0.05) is 25.1 Å². The Labute approximate surface area is 177 Å². The molecule has 1 aromatic heterocycles. The molecule has 2 fully saturated rings. The van der Waals surface area contributed by atoms with Gasteiger partial charge < -0.3 is 19.7 Å². The van der Waals surface area contributed by atoms with Gasteiger partial charge in [-0.3, -0.25) is 4.79 Å². The van der Waals surface area contributed by atoms with E-state index in [9.17, 15) is 4.79 Å². The summed E-state index contributed by atoms with van der Waals surface area (Å²) in [5.74, 6) is 1.85. The van der Waals surface area contributed by atoms with E-state index in [4.69, 9.17) is 17.3 Å². The number of aromatic nitrogens is 3. The number of benzene rings is 1. The molecule has 0 unspecified atom stereocenters. The van der Waals surface area contributed by atoms with Crippen LogP contribution < -0.4 is 15.1 Å². The van der Waals surface area contributed by atoms with Crippen LogP contribution in [0.3, 0.4) is 0 Å². The third kappa shape index (κ3) is 4.76. The van der Waals surface area contributed by atoms with Crippen LogP contribution >= 0.6 is 12.2 Å². The molecule has 1 saturated heterocycles. The van der Waals surface area contributed by atoms with Crippen molar-refractivity contribution in [1.82, 2.24) is 14.3 Å². The highest BCUT2D eigenvalue weighted by atomic mass is 32.1. The van der Waals surface area contributed by atoms with Crippen molar-refractivity contribution in [2.75, 3.05) is 38.0 Å². The van der Waals surface area contributed by atoms with E-state index in [1.54, 1.807) is 0 Å². The number of anilines is 1. The Balaban J connectivity index is 1.27. The molecule has 4 rings (SSSR count). The number of hydrogen-bond acceptors (Lipinski definition) is 3. The predicted octanol–water partition coefficient (Wildman–Crippen LogP) is -0.230. The monoisotopic (exact) mass is 416 g/mol. The van der Waals surface area contributed by atoms with Crippen LogP contribution in [0, 0.1) is 4.77 Å². The van der Waals surface area contributed by atoms with E-state index in [2.05, 4.69) is 22.9 Å². The van der Waals surface area contributed by atoms with E-state index in [0.29, 0.717) is 12.5 Å². The highest BCUT2D eigenvalue weighted by Crippen LogP contribution is 2.38. The molecule has 1 aliphatic carbocycles. The summed E-state index contributed by atoms with van der Waals surface area (Å²) >= 11 is 5.58. The highest BCUT2D eigenvalue weighted by Gasteiger charge is 2.30. The van der Waals surface area contributed by atoms with Crippen molar-refractivity contribution in [2.45, 2.75) is 38.8 Å². The first-order valence-corrected chi connectivity index (χ1v) is 11.1. The van der Waals surface area contributed by atoms with Crippen LogP contribution in [-0.2, 0) is 24.9 Å². The summed E-state index contributed by atoms with van der Waals surface area (Å²) in [7, 11) is 2.03. The van der Waals surface area contributed by atoms with Gasteiger partial charge in [-0.2, -0.15) is 9.78 Å². The first kappa shape index (κ1) is 20.3. The minimum atomic E-state index is 0.102. The minimum Gasteiger partial charge on any atom is -0.321 e. The molecule has 7 nitrogen and oxygen atoms in total. The van der Waals surface area contributed by atoms with Crippen molar-refractivity contribution in [3.05, 3.63) is 40.4 Å². The Morgan fingerprint density at radius 3 is 2.59 bits per heavy atom. The number of carbonyl (C=O) groups is 1. The largest absolute Gasteiger partial charge is 0.321 e. The average Bonchev–Trinajstić information content (AvgIpc) is 3.53. The zero-order valence-corrected chi connectivity index (χ0v) is 18.2. The van der Waals surface area contributed by atoms with Crippen molar-refractivity contribution in [3.63, 3.8) is 0 Å². The number of rotatable bonds is 7. The molecular weight excluding hydrogens is 384 g/mol. The Bertz CT molecular complexity index is 923. The van der Waals surface area contributed by atoms with Gasteiger partial charge in [0, 0.05) is 18.7 Å². The maximum atomic E-state index is 12.5. The Hall–Kier alpha value is -2.03. The Kier molecular flexibility index (Phi) is 6.12. The first-order chi connectivity index (χ1) is 14.0. The van der Waals surface area contributed by atoms with Crippen molar-refractivity contribution in [1.29, 1.82) is 0 Å². The van der Waals surface area contributed by atoms with Crippen LogP contribution in [0.2, 0.25) is 0 Å². The van der Waals surface area contributed by atoms with Crippen LogP contribution in [0.4, 0.5) is 5.69 Å². The minimum absolute atomic E-state index is 0.102. The lowest BCUT2D eigenvalue weighted by atomic mass is 10.1. The third-order valence-corrected chi connectivity index (χ3v) is 6.62. The van der Waals surface area contributed by atoms with Crippen LogP contribution in [0.1, 0.15) is 37.1 Å². The van der Waals surface area contributed by atoms with E-state index in [-0.39, 0.29) is 5.91 Å². The standard InChI is InChI=1S/C21H30N6OS/c1-3-16-6-4-5-7-18(16)22-19(28)14-25-10-12-26(13-11-25)15-27-21(29)24(2)20(23-27)17-8-9-17/h4-7,17H,3,8-15H2,1-2H3,(H,22,28)/p+2. The van der Waals surface area contributed by atoms with Gasteiger partial charge in [-0.25, -0.2) is 0 Å². The molecule has 8 heteroatoms. The second-order valence-electron chi connectivity index (χ2n) is 8.37. The number of nitrogens with zero attached hydrogens (tertiary/aromatic N) is 3. The van der Waals surface area contributed by atoms with Gasteiger partial charge in [-0.05, 0) is 43.1 Å². The van der Waals surface area contributed by atoms with Gasteiger partial charge in [0.05, 0.1) is 0 Å². The topological polar surface area (TPSA) is 60.7 Å². The number of quaternary nitrogens is 2. The number of nitrogens with one attached hydrogen (secondary N) is 3.